The van der Waals surface area contributed by atoms with Crippen LogP contribution in [0.1, 0.15) is 43.4 Å². The van der Waals surface area contributed by atoms with E-state index in [4.69, 9.17) is 9.26 Å². The van der Waals surface area contributed by atoms with E-state index >= 15 is 0 Å². The lowest BCUT2D eigenvalue weighted by molar-refractivity contribution is -0.123. The lowest BCUT2D eigenvalue weighted by Crippen LogP contribution is -2.40. The highest BCUT2D eigenvalue weighted by atomic mass is 16.5. The van der Waals surface area contributed by atoms with Gasteiger partial charge in [0.2, 0.25) is 11.8 Å². The van der Waals surface area contributed by atoms with Crippen LogP contribution >= 0.6 is 0 Å². The first-order valence-corrected chi connectivity index (χ1v) is 7.65. The molecule has 0 aromatic carbocycles. The summed E-state index contributed by atoms with van der Waals surface area (Å²) in [7, 11) is 0. The second kappa shape index (κ2) is 6.53. The third kappa shape index (κ3) is 3.59. The monoisotopic (exact) mass is 294 g/mol. The Morgan fingerprint density at radius 2 is 2.33 bits per heavy atom. The highest BCUT2D eigenvalue weighted by molar-refractivity contribution is 5.78. The third-order valence-corrected chi connectivity index (χ3v) is 4.10. The molecule has 7 nitrogen and oxygen atoms in total. The Morgan fingerprint density at radius 3 is 3.05 bits per heavy atom. The van der Waals surface area contributed by atoms with Crippen LogP contribution in [-0.4, -0.2) is 53.3 Å². The molecule has 21 heavy (non-hydrogen) atoms. The summed E-state index contributed by atoms with van der Waals surface area (Å²) < 4.78 is 10.5. The highest BCUT2D eigenvalue weighted by Gasteiger charge is 2.31. The first kappa shape index (κ1) is 14.5. The number of hydrogen-bond acceptors (Lipinski definition) is 6. The van der Waals surface area contributed by atoms with Crippen LogP contribution in [0, 0.1) is 6.92 Å². The summed E-state index contributed by atoms with van der Waals surface area (Å²) in [5, 5.41) is 6.94. The van der Waals surface area contributed by atoms with Crippen molar-refractivity contribution in [2.45, 2.75) is 44.8 Å². The summed E-state index contributed by atoms with van der Waals surface area (Å²) in [6, 6.07) is 0.0935. The Kier molecular flexibility index (Phi) is 4.50. The number of ether oxygens (including phenoxy) is 1. The summed E-state index contributed by atoms with van der Waals surface area (Å²) in [5.41, 5.74) is 0. The second-order valence-electron chi connectivity index (χ2n) is 5.74. The van der Waals surface area contributed by atoms with Gasteiger partial charge in [0, 0.05) is 20.1 Å². The summed E-state index contributed by atoms with van der Waals surface area (Å²) >= 11 is 0. The maximum atomic E-state index is 12.1. The average Bonchev–Trinajstić information content (AvgIpc) is 3.17. The molecule has 7 heteroatoms. The van der Waals surface area contributed by atoms with E-state index in [2.05, 4.69) is 20.4 Å². The molecule has 0 saturated carbocycles. The molecule has 0 radical (unpaired) electrons. The van der Waals surface area contributed by atoms with E-state index in [9.17, 15) is 4.79 Å². The minimum atomic E-state index is 0.0395. The molecule has 1 aromatic rings. The molecular formula is C14H22N4O3. The van der Waals surface area contributed by atoms with Gasteiger partial charge in [0.1, 0.15) is 0 Å². The maximum Gasteiger partial charge on any atom is 0.234 e. The number of carbonyl (C=O) groups is 1. The second-order valence-corrected chi connectivity index (χ2v) is 5.74. The molecule has 0 bridgehead atoms. The van der Waals surface area contributed by atoms with Crippen molar-refractivity contribution < 1.29 is 14.1 Å². The zero-order valence-electron chi connectivity index (χ0n) is 12.4. The number of rotatable bonds is 5. The van der Waals surface area contributed by atoms with Gasteiger partial charge in [-0.05, 0) is 32.2 Å². The molecule has 2 atom stereocenters. The number of likely N-dealkylation sites (tertiary alicyclic amines) is 1. The van der Waals surface area contributed by atoms with Gasteiger partial charge in [0.05, 0.1) is 18.7 Å². The van der Waals surface area contributed by atoms with Crippen molar-refractivity contribution in [2.24, 2.45) is 0 Å². The van der Waals surface area contributed by atoms with Gasteiger partial charge >= 0.3 is 0 Å². The van der Waals surface area contributed by atoms with Gasteiger partial charge in [-0.3, -0.25) is 9.69 Å². The fourth-order valence-electron chi connectivity index (χ4n) is 3.03. The maximum absolute atomic E-state index is 12.1. The van der Waals surface area contributed by atoms with Crippen LogP contribution in [0.15, 0.2) is 4.52 Å². The zero-order valence-corrected chi connectivity index (χ0v) is 12.4. The van der Waals surface area contributed by atoms with E-state index in [1.165, 1.54) is 0 Å². The summed E-state index contributed by atoms with van der Waals surface area (Å²) in [6.07, 6.45) is 4.33. The lowest BCUT2D eigenvalue weighted by Gasteiger charge is -2.21. The molecule has 1 N–H and O–H groups in total. The van der Waals surface area contributed by atoms with Gasteiger partial charge in [0.15, 0.2) is 5.82 Å². The van der Waals surface area contributed by atoms with Gasteiger partial charge in [-0.25, -0.2) is 0 Å². The number of nitrogens with zero attached hydrogens (tertiary/aromatic N) is 3. The first-order chi connectivity index (χ1) is 10.2. The molecule has 1 aromatic heterocycles. The van der Waals surface area contributed by atoms with Crippen molar-refractivity contribution >= 4 is 5.91 Å². The minimum Gasteiger partial charge on any atom is -0.376 e. The van der Waals surface area contributed by atoms with E-state index in [-0.39, 0.29) is 18.1 Å². The molecule has 2 fully saturated rings. The Bertz CT molecular complexity index is 484. The minimum absolute atomic E-state index is 0.0395. The van der Waals surface area contributed by atoms with Crippen LogP contribution in [0.4, 0.5) is 0 Å². The fraction of sp³-hybridized carbons (Fsp3) is 0.786. The smallest absolute Gasteiger partial charge is 0.234 e. The molecule has 2 saturated heterocycles. The van der Waals surface area contributed by atoms with Crippen molar-refractivity contribution in [2.75, 3.05) is 26.2 Å². The number of nitrogens with one attached hydrogen (secondary N) is 1. The van der Waals surface area contributed by atoms with E-state index in [1.807, 2.05) is 0 Å². The fourth-order valence-corrected chi connectivity index (χ4v) is 3.03. The lowest BCUT2D eigenvalue weighted by atomic mass is 10.2. The van der Waals surface area contributed by atoms with Gasteiger partial charge in [-0.1, -0.05) is 5.16 Å². The van der Waals surface area contributed by atoms with Crippen LogP contribution in [0.25, 0.3) is 0 Å². The van der Waals surface area contributed by atoms with E-state index in [0.717, 1.165) is 38.8 Å². The van der Waals surface area contributed by atoms with Crippen LogP contribution in [-0.2, 0) is 9.53 Å². The van der Waals surface area contributed by atoms with Gasteiger partial charge in [-0.15, -0.1) is 0 Å². The van der Waals surface area contributed by atoms with Crippen molar-refractivity contribution in [3.05, 3.63) is 11.7 Å². The molecule has 2 aliphatic rings. The molecule has 3 heterocycles. The number of amides is 1. The number of aromatic nitrogens is 2. The van der Waals surface area contributed by atoms with Crippen molar-refractivity contribution in [3.63, 3.8) is 0 Å². The Labute approximate surface area is 124 Å². The number of aryl methyl sites for hydroxylation is 1. The zero-order chi connectivity index (χ0) is 14.7. The van der Waals surface area contributed by atoms with Crippen molar-refractivity contribution in [1.29, 1.82) is 0 Å². The van der Waals surface area contributed by atoms with Crippen molar-refractivity contribution in [3.8, 4) is 0 Å². The Balaban J connectivity index is 1.49. The molecule has 2 aliphatic heterocycles. The molecule has 0 unspecified atom stereocenters. The number of hydrogen-bond donors (Lipinski definition) is 1. The van der Waals surface area contributed by atoms with Crippen LogP contribution in [0.5, 0.6) is 0 Å². The quantitative estimate of drug-likeness (QED) is 0.865. The Hall–Kier alpha value is -1.47. The third-order valence-electron chi connectivity index (χ3n) is 4.10. The molecule has 116 valence electrons. The largest absolute Gasteiger partial charge is 0.376 e. The number of carbonyl (C=O) groups excluding carboxylic acids is 1. The average molecular weight is 294 g/mol. The standard InChI is InChI=1S/C14H22N4O3/c1-10-16-14(17-21-10)12-5-2-6-18(12)9-13(19)15-8-11-4-3-7-20-11/h11-12H,2-9H2,1H3,(H,15,19)/t11-,12-/m0/s1. The van der Waals surface area contributed by atoms with Gasteiger partial charge in [0.25, 0.3) is 0 Å². The van der Waals surface area contributed by atoms with Gasteiger partial charge in [-0.2, -0.15) is 4.98 Å². The molecule has 3 rings (SSSR count). The topological polar surface area (TPSA) is 80.5 Å². The van der Waals surface area contributed by atoms with Crippen LogP contribution in [0.3, 0.4) is 0 Å². The first-order valence-electron chi connectivity index (χ1n) is 7.65. The molecule has 0 spiro atoms. The van der Waals surface area contributed by atoms with E-state index < -0.39 is 0 Å². The predicted octanol–water partition coefficient (Wildman–Crippen LogP) is 0.810. The summed E-state index contributed by atoms with van der Waals surface area (Å²) in [6.45, 7) is 4.48. The predicted molar refractivity (Wildman–Crippen MR) is 74.6 cm³/mol. The van der Waals surface area contributed by atoms with E-state index in [0.29, 0.717) is 24.8 Å². The highest BCUT2D eigenvalue weighted by Crippen LogP contribution is 2.29. The summed E-state index contributed by atoms with van der Waals surface area (Å²) in [4.78, 5) is 18.5. The Morgan fingerprint density at radius 1 is 1.43 bits per heavy atom. The SMILES string of the molecule is Cc1nc([C@@H]2CCCN2CC(=O)NC[C@@H]2CCCO2)no1. The molecule has 0 aliphatic carbocycles. The normalized spacial score (nSPS) is 26.3. The van der Waals surface area contributed by atoms with Crippen LogP contribution < -0.4 is 5.32 Å². The van der Waals surface area contributed by atoms with Crippen LogP contribution in [0.2, 0.25) is 0 Å². The van der Waals surface area contributed by atoms with E-state index in [1.54, 1.807) is 6.92 Å². The van der Waals surface area contributed by atoms with Crippen molar-refractivity contribution in [1.82, 2.24) is 20.4 Å². The molecular weight excluding hydrogens is 272 g/mol. The summed E-state index contributed by atoms with van der Waals surface area (Å²) in [5.74, 6) is 1.30. The molecule has 1 amide bonds. The van der Waals surface area contributed by atoms with Gasteiger partial charge < -0.3 is 14.6 Å².